The Kier molecular flexibility index (Phi) is 6.76. The van der Waals surface area contributed by atoms with E-state index in [2.05, 4.69) is 47.6 Å². The second kappa shape index (κ2) is 8.11. The van der Waals surface area contributed by atoms with Crippen LogP contribution in [0.25, 0.3) is 0 Å². The third-order valence-electron chi connectivity index (χ3n) is 2.25. The molecule has 0 fully saturated rings. The maximum atomic E-state index is 11.0. The standard InChI is InChI=1S/C8H7BrOS.C7H8/c9-7-3-1-6(2-4-7)8(10)5-11;1-7-5-3-2-4-6-7/h1-4,11H,5H2;2-6H,1H3. The van der Waals surface area contributed by atoms with E-state index in [1.165, 1.54) is 5.56 Å². The van der Waals surface area contributed by atoms with Crippen LogP contribution in [0.5, 0.6) is 0 Å². The van der Waals surface area contributed by atoms with Crippen LogP contribution in [0.3, 0.4) is 0 Å². The van der Waals surface area contributed by atoms with Crippen molar-refractivity contribution in [1.82, 2.24) is 0 Å². The average Bonchev–Trinajstić information content (AvgIpc) is 2.40. The quantitative estimate of drug-likeness (QED) is 0.633. The molecular formula is C15H15BrOS. The highest BCUT2D eigenvalue weighted by molar-refractivity contribution is 9.10. The zero-order chi connectivity index (χ0) is 13.4. The van der Waals surface area contributed by atoms with Crippen molar-refractivity contribution >= 4 is 34.3 Å². The molecule has 0 atom stereocenters. The second-order valence-corrected chi connectivity index (χ2v) is 4.97. The zero-order valence-electron chi connectivity index (χ0n) is 10.1. The molecule has 0 aliphatic heterocycles. The summed E-state index contributed by atoms with van der Waals surface area (Å²) < 4.78 is 0.980. The van der Waals surface area contributed by atoms with E-state index < -0.39 is 0 Å². The molecule has 0 saturated heterocycles. The van der Waals surface area contributed by atoms with E-state index in [9.17, 15) is 4.79 Å². The average molecular weight is 323 g/mol. The molecule has 0 heterocycles. The molecule has 94 valence electrons. The molecule has 0 amide bonds. The van der Waals surface area contributed by atoms with Gasteiger partial charge in [-0.25, -0.2) is 0 Å². The summed E-state index contributed by atoms with van der Waals surface area (Å²) in [5, 5.41) is 0. The van der Waals surface area contributed by atoms with Crippen molar-refractivity contribution in [2.75, 3.05) is 5.75 Å². The third-order valence-corrected chi connectivity index (χ3v) is 3.07. The second-order valence-electron chi connectivity index (χ2n) is 3.74. The van der Waals surface area contributed by atoms with Crippen LogP contribution in [0.15, 0.2) is 59.1 Å². The molecule has 18 heavy (non-hydrogen) atoms. The van der Waals surface area contributed by atoms with Gasteiger partial charge in [0.2, 0.25) is 0 Å². The van der Waals surface area contributed by atoms with Gasteiger partial charge < -0.3 is 0 Å². The highest BCUT2D eigenvalue weighted by Crippen LogP contribution is 2.10. The fourth-order valence-electron chi connectivity index (χ4n) is 1.26. The fourth-order valence-corrected chi connectivity index (χ4v) is 1.71. The van der Waals surface area contributed by atoms with E-state index in [0.29, 0.717) is 5.56 Å². The highest BCUT2D eigenvalue weighted by atomic mass is 79.9. The van der Waals surface area contributed by atoms with E-state index >= 15 is 0 Å². The Bertz CT molecular complexity index is 480. The number of hydrogen-bond acceptors (Lipinski definition) is 2. The van der Waals surface area contributed by atoms with Crippen LogP contribution in [0.1, 0.15) is 15.9 Å². The smallest absolute Gasteiger partial charge is 0.172 e. The summed E-state index contributed by atoms with van der Waals surface area (Å²) >= 11 is 7.18. The van der Waals surface area contributed by atoms with Gasteiger partial charge in [0, 0.05) is 10.0 Å². The molecule has 2 aromatic rings. The topological polar surface area (TPSA) is 17.1 Å². The molecule has 0 aromatic heterocycles. The summed E-state index contributed by atoms with van der Waals surface area (Å²) in [7, 11) is 0. The molecule has 3 heteroatoms. The fraction of sp³-hybridized carbons (Fsp3) is 0.133. The van der Waals surface area contributed by atoms with Gasteiger partial charge in [-0.1, -0.05) is 64.0 Å². The van der Waals surface area contributed by atoms with Crippen LogP contribution in [0, 0.1) is 6.92 Å². The predicted molar refractivity (Wildman–Crippen MR) is 83.5 cm³/mol. The molecule has 0 aliphatic rings. The van der Waals surface area contributed by atoms with E-state index in [-0.39, 0.29) is 11.5 Å². The SMILES string of the molecule is Cc1ccccc1.O=C(CS)c1ccc(Br)cc1. The van der Waals surface area contributed by atoms with Gasteiger partial charge >= 0.3 is 0 Å². The lowest BCUT2D eigenvalue weighted by Crippen LogP contribution is -1.98. The van der Waals surface area contributed by atoms with Gasteiger partial charge in [0.1, 0.15) is 0 Å². The molecular weight excluding hydrogens is 308 g/mol. The van der Waals surface area contributed by atoms with E-state index in [1.807, 2.05) is 30.3 Å². The molecule has 0 aliphatic carbocycles. The minimum absolute atomic E-state index is 0.0563. The number of Topliss-reactive ketones (excluding diaryl/α,β-unsaturated/α-hetero) is 1. The van der Waals surface area contributed by atoms with Crippen molar-refractivity contribution in [2.45, 2.75) is 6.92 Å². The Balaban J connectivity index is 0.000000199. The molecule has 0 N–H and O–H groups in total. The van der Waals surface area contributed by atoms with Crippen LogP contribution in [-0.4, -0.2) is 11.5 Å². The summed E-state index contributed by atoms with van der Waals surface area (Å²) in [6, 6.07) is 17.5. The van der Waals surface area contributed by atoms with Crippen molar-refractivity contribution < 1.29 is 4.79 Å². The van der Waals surface area contributed by atoms with E-state index in [4.69, 9.17) is 0 Å². The van der Waals surface area contributed by atoms with Gasteiger partial charge in [-0.2, -0.15) is 12.6 Å². The number of hydrogen-bond donors (Lipinski definition) is 1. The third kappa shape index (κ3) is 5.52. The molecule has 0 bridgehead atoms. The Morgan fingerprint density at radius 1 is 1.06 bits per heavy atom. The largest absolute Gasteiger partial charge is 0.293 e. The maximum absolute atomic E-state index is 11.0. The van der Waals surface area contributed by atoms with Gasteiger partial charge in [-0.3, -0.25) is 4.79 Å². The summed E-state index contributed by atoms with van der Waals surface area (Å²) in [5.41, 5.74) is 2.03. The Morgan fingerprint density at radius 2 is 1.61 bits per heavy atom. The van der Waals surface area contributed by atoms with Crippen molar-refractivity contribution in [3.8, 4) is 0 Å². The van der Waals surface area contributed by atoms with Crippen molar-refractivity contribution in [3.63, 3.8) is 0 Å². The molecule has 0 radical (unpaired) electrons. The summed E-state index contributed by atoms with van der Waals surface area (Å²) in [6.07, 6.45) is 0. The minimum atomic E-state index is 0.0563. The van der Waals surface area contributed by atoms with Gasteiger partial charge in [-0.15, -0.1) is 0 Å². The Hall–Kier alpha value is -1.06. The van der Waals surface area contributed by atoms with Crippen molar-refractivity contribution in [2.24, 2.45) is 0 Å². The number of thiol groups is 1. The summed E-state index contributed by atoms with van der Waals surface area (Å²) in [5.74, 6) is 0.322. The van der Waals surface area contributed by atoms with Gasteiger partial charge in [0.25, 0.3) is 0 Å². The van der Waals surface area contributed by atoms with Crippen LogP contribution < -0.4 is 0 Å². The van der Waals surface area contributed by atoms with Crippen LogP contribution in [-0.2, 0) is 0 Å². The number of carbonyl (C=O) groups is 1. The highest BCUT2D eigenvalue weighted by Gasteiger charge is 2.00. The lowest BCUT2D eigenvalue weighted by molar-refractivity contribution is 0.102. The van der Waals surface area contributed by atoms with Crippen LogP contribution in [0.4, 0.5) is 0 Å². The van der Waals surface area contributed by atoms with Crippen LogP contribution >= 0.6 is 28.6 Å². The van der Waals surface area contributed by atoms with Crippen molar-refractivity contribution in [1.29, 1.82) is 0 Å². The van der Waals surface area contributed by atoms with Gasteiger partial charge in [0.15, 0.2) is 5.78 Å². The molecule has 2 rings (SSSR count). The number of halogens is 1. The molecule has 0 spiro atoms. The predicted octanol–water partition coefficient (Wildman–Crippen LogP) is 4.56. The number of rotatable bonds is 2. The Labute approximate surface area is 122 Å². The lowest BCUT2D eigenvalue weighted by atomic mass is 10.2. The first-order valence-corrected chi connectivity index (χ1v) is 6.97. The minimum Gasteiger partial charge on any atom is -0.293 e. The number of ketones is 1. The number of carbonyl (C=O) groups excluding carboxylic acids is 1. The number of benzene rings is 2. The molecule has 0 saturated carbocycles. The van der Waals surface area contributed by atoms with E-state index in [1.54, 1.807) is 12.1 Å². The normalized spacial score (nSPS) is 9.28. The Morgan fingerprint density at radius 3 is 2.00 bits per heavy atom. The van der Waals surface area contributed by atoms with E-state index in [0.717, 1.165) is 4.47 Å². The van der Waals surface area contributed by atoms with Gasteiger partial charge in [-0.05, 0) is 19.1 Å². The first-order chi connectivity index (χ1) is 8.63. The molecule has 0 unspecified atom stereocenters. The first-order valence-electron chi connectivity index (χ1n) is 5.54. The molecule has 1 nitrogen and oxygen atoms in total. The lowest BCUT2D eigenvalue weighted by Gasteiger charge is -1.95. The molecule has 2 aromatic carbocycles. The summed E-state index contributed by atoms with van der Waals surface area (Å²) in [4.78, 5) is 11.0. The van der Waals surface area contributed by atoms with Crippen molar-refractivity contribution in [3.05, 3.63) is 70.2 Å². The zero-order valence-corrected chi connectivity index (χ0v) is 12.6. The van der Waals surface area contributed by atoms with Gasteiger partial charge in [0.05, 0.1) is 5.75 Å². The van der Waals surface area contributed by atoms with Crippen LogP contribution in [0.2, 0.25) is 0 Å². The summed E-state index contributed by atoms with van der Waals surface area (Å²) in [6.45, 7) is 2.08. The first kappa shape index (κ1) is 15.0. The monoisotopic (exact) mass is 322 g/mol. The number of aryl methyl sites for hydroxylation is 1. The maximum Gasteiger partial charge on any atom is 0.172 e.